The van der Waals surface area contributed by atoms with Gasteiger partial charge in [-0.25, -0.2) is 0 Å². The Hall–Kier alpha value is 0.331. The molecule has 0 saturated heterocycles. The van der Waals surface area contributed by atoms with Gasteiger partial charge in [0.25, 0.3) is 0 Å². The van der Waals surface area contributed by atoms with Crippen LogP contribution in [-0.2, 0) is 26.6 Å². The fraction of sp³-hybridized carbons (Fsp3) is 1.00. The lowest BCUT2D eigenvalue weighted by Crippen LogP contribution is -2.51. The van der Waals surface area contributed by atoms with Crippen LogP contribution in [0.1, 0.15) is 66.7 Å². The van der Waals surface area contributed by atoms with Crippen LogP contribution in [0.25, 0.3) is 0 Å². The van der Waals surface area contributed by atoms with Crippen molar-refractivity contribution in [2.45, 2.75) is 77.9 Å². The predicted octanol–water partition coefficient (Wildman–Crippen LogP) is 3.25. The third kappa shape index (κ3) is 13.0. The number of unbranched alkanes of at least 4 members (excludes halogenated alkanes) is 2. The molecule has 1 atom stereocenters. The molecule has 0 aromatic rings. The van der Waals surface area contributed by atoms with Crippen LogP contribution in [0.3, 0.4) is 0 Å². The minimum atomic E-state index is -2.62. The molecular weight excluding hydrogens is 485 g/mol. The zero-order valence-corrected chi connectivity index (χ0v) is 27.0. The molecule has 0 saturated carbocycles. The highest BCUT2D eigenvalue weighted by molar-refractivity contribution is 6.73. The van der Waals surface area contributed by atoms with Crippen molar-refractivity contribution in [3.8, 4) is 0 Å². The molecule has 0 spiro atoms. The second kappa shape index (κ2) is 21.4. The second-order valence-corrected chi connectivity index (χ2v) is 17.3. The van der Waals surface area contributed by atoms with Crippen molar-refractivity contribution < 1.29 is 26.6 Å². The van der Waals surface area contributed by atoms with Gasteiger partial charge in [-0.05, 0) is 72.4 Å². The smallest absolute Gasteiger partial charge is 0.377 e. The molecule has 0 aliphatic carbocycles. The van der Waals surface area contributed by atoms with Gasteiger partial charge in [0.1, 0.15) is 0 Å². The molecule has 34 heavy (non-hydrogen) atoms. The minimum absolute atomic E-state index is 0.428. The van der Waals surface area contributed by atoms with Crippen LogP contribution in [0.5, 0.6) is 0 Å². The summed E-state index contributed by atoms with van der Waals surface area (Å²) in [6.45, 7) is 16.8. The number of nitrogens with zero attached hydrogens (tertiary/aromatic N) is 1. The molecule has 206 valence electrons. The first-order valence-electron chi connectivity index (χ1n) is 13.5. The fourth-order valence-electron chi connectivity index (χ4n) is 4.52. The number of nitrogens with one attached hydrogen (secondary N) is 1. The van der Waals surface area contributed by atoms with E-state index in [4.69, 9.17) is 26.6 Å². The van der Waals surface area contributed by atoms with Gasteiger partial charge in [0.15, 0.2) is 0 Å². The number of hydrogen-bond acceptors (Lipinski definition) is 8. The first-order chi connectivity index (χ1) is 16.5. The van der Waals surface area contributed by atoms with Crippen LogP contribution in [0.4, 0.5) is 0 Å². The van der Waals surface area contributed by atoms with Gasteiger partial charge in [-0.15, -0.1) is 0 Å². The topological polar surface area (TPSA) is 70.7 Å². The van der Waals surface area contributed by atoms with E-state index in [0.717, 1.165) is 44.7 Å². The minimum Gasteiger partial charge on any atom is -0.377 e. The molecule has 0 aromatic carbocycles. The normalized spacial score (nSPS) is 14.0. The molecule has 11 heteroatoms. The van der Waals surface area contributed by atoms with E-state index in [1.54, 1.807) is 21.3 Å². The van der Waals surface area contributed by atoms with E-state index in [-0.39, 0.29) is 0 Å². The highest BCUT2D eigenvalue weighted by Gasteiger charge is 2.46. The maximum atomic E-state index is 5.96. The molecule has 0 bridgehead atoms. The van der Waals surface area contributed by atoms with Gasteiger partial charge in [0, 0.05) is 61.9 Å². The molecular formula is C23H56N2O6Si3. The Morgan fingerprint density at radius 2 is 1.32 bits per heavy atom. The summed E-state index contributed by atoms with van der Waals surface area (Å²) in [5, 5.41) is 4.09. The van der Waals surface area contributed by atoms with Gasteiger partial charge in [0.2, 0.25) is 0 Å². The zero-order chi connectivity index (χ0) is 25.7. The van der Waals surface area contributed by atoms with E-state index in [1.165, 1.54) is 25.8 Å². The van der Waals surface area contributed by atoms with Crippen molar-refractivity contribution in [2.75, 3.05) is 73.5 Å². The summed E-state index contributed by atoms with van der Waals surface area (Å²) < 4.78 is 35.5. The fourth-order valence-corrected chi connectivity index (χ4v) is 13.9. The van der Waals surface area contributed by atoms with Crippen molar-refractivity contribution in [1.82, 2.24) is 10.2 Å². The maximum absolute atomic E-state index is 5.96. The summed E-state index contributed by atoms with van der Waals surface area (Å²) in [7, 11) is -0.412. The van der Waals surface area contributed by atoms with Crippen molar-refractivity contribution in [2.24, 2.45) is 0 Å². The molecule has 0 aromatic heterocycles. The summed E-state index contributed by atoms with van der Waals surface area (Å²) in [6.07, 6.45) is 6.85. The van der Waals surface area contributed by atoms with E-state index in [9.17, 15) is 0 Å². The lowest BCUT2D eigenvalue weighted by atomic mass is 10.2. The SMILES string of the molecule is CCO[Si](CCCNC[SiH2]C(CCCCCN(CC)CC)[Si](OC)(OC)OC)(OCC)OCC. The van der Waals surface area contributed by atoms with E-state index < -0.39 is 27.1 Å². The quantitative estimate of drug-likeness (QED) is 0.140. The molecule has 0 amide bonds. The number of rotatable bonds is 25. The second-order valence-electron chi connectivity index (χ2n) is 8.41. The molecule has 0 rings (SSSR count). The van der Waals surface area contributed by atoms with Crippen LogP contribution in [0.2, 0.25) is 11.2 Å². The van der Waals surface area contributed by atoms with Gasteiger partial charge in [0.05, 0.1) is 0 Å². The Morgan fingerprint density at radius 3 is 1.79 bits per heavy atom. The average molecular weight is 541 g/mol. The van der Waals surface area contributed by atoms with Crippen molar-refractivity contribution in [1.29, 1.82) is 0 Å². The van der Waals surface area contributed by atoms with Crippen molar-refractivity contribution in [3.63, 3.8) is 0 Å². The molecule has 0 fully saturated rings. The van der Waals surface area contributed by atoms with Crippen LogP contribution < -0.4 is 5.32 Å². The summed E-state index contributed by atoms with van der Waals surface area (Å²) in [5.74, 6) is 0. The van der Waals surface area contributed by atoms with E-state index in [0.29, 0.717) is 25.0 Å². The molecule has 0 heterocycles. The average Bonchev–Trinajstić information content (AvgIpc) is 2.84. The Morgan fingerprint density at radius 1 is 0.765 bits per heavy atom. The highest BCUT2D eigenvalue weighted by atomic mass is 28.4. The maximum Gasteiger partial charge on any atom is 0.500 e. The lowest BCUT2D eigenvalue weighted by molar-refractivity contribution is 0.0708. The van der Waals surface area contributed by atoms with E-state index >= 15 is 0 Å². The van der Waals surface area contributed by atoms with Crippen LogP contribution in [0.15, 0.2) is 0 Å². The van der Waals surface area contributed by atoms with Crippen LogP contribution in [-0.4, -0.2) is 106 Å². The van der Waals surface area contributed by atoms with Gasteiger partial charge < -0.3 is 36.8 Å². The Bertz CT molecular complexity index is 435. The van der Waals surface area contributed by atoms with E-state index in [1.807, 2.05) is 20.8 Å². The Balaban J connectivity index is 4.64. The van der Waals surface area contributed by atoms with Gasteiger partial charge in [-0.3, -0.25) is 0 Å². The van der Waals surface area contributed by atoms with Crippen LogP contribution in [0, 0.1) is 0 Å². The molecule has 1 N–H and O–H groups in total. The van der Waals surface area contributed by atoms with E-state index in [2.05, 4.69) is 24.1 Å². The molecule has 8 nitrogen and oxygen atoms in total. The van der Waals surface area contributed by atoms with Crippen molar-refractivity contribution >= 4 is 27.1 Å². The highest BCUT2D eigenvalue weighted by Crippen LogP contribution is 2.28. The Kier molecular flexibility index (Phi) is 21.6. The predicted molar refractivity (Wildman–Crippen MR) is 148 cm³/mol. The zero-order valence-electron chi connectivity index (χ0n) is 23.6. The van der Waals surface area contributed by atoms with Gasteiger partial charge in [-0.1, -0.05) is 26.7 Å². The molecule has 0 radical (unpaired) electrons. The summed E-state index contributed by atoms with van der Waals surface area (Å²) in [6, 6.07) is 0.847. The Labute approximate surface area is 215 Å². The molecule has 0 aliphatic rings. The van der Waals surface area contributed by atoms with Crippen LogP contribution >= 0.6 is 0 Å². The van der Waals surface area contributed by atoms with Gasteiger partial charge >= 0.3 is 17.6 Å². The molecule has 0 aliphatic heterocycles. The summed E-state index contributed by atoms with van der Waals surface area (Å²) in [4.78, 5) is 2.49. The third-order valence-corrected chi connectivity index (χ3v) is 16.6. The first-order valence-corrected chi connectivity index (χ1v) is 19.0. The molecule has 1 unspecified atom stereocenters. The largest absolute Gasteiger partial charge is 0.500 e. The number of hydrogen-bond donors (Lipinski definition) is 1. The van der Waals surface area contributed by atoms with Crippen molar-refractivity contribution in [3.05, 3.63) is 0 Å². The van der Waals surface area contributed by atoms with Gasteiger partial charge in [-0.2, -0.15) is 0 Å². The first kappa shape index (κ1) is 34.3. The monoisotopic (exact) mass is 540 g/mol. The standard InChI is InChI=1S/C23H56N2O6Si3/c1-9-25(10-2)20-16-14-15-18-23(34(26-6,27-7)28-8)32-22-24-19-17-21-33(29-11-3,30-12-4)31-13-5/h23-24H,9-22,32H2,1-8H3. The lowest BCUT2D eigenvalue weighted by Gasteiger charge is -2.32. The third-order valence-electron chi connectivity index (χ3n) is 6.37. The summed E-state index contributed by atoms with van der Waals surface area (Å²) in [5.41, 5.74) is 0. The summed E-state index contributed by atoms with van der Waals surface area (Å²) >= 11 is 0.